The molecule has 0 atom stereocenters. The Morgan fingerprint density at radius 1 is 1.50 bits per heavy atom. The van der Waals surface area contributed by atoms with E-state index in [9.17, 15) is 0 Å². The van der Waals surface area contributed by atoms with Gasteiger partial charge in [0.1, 0.15) is 5.01 Å². The highest BCUT2D eigenvalue weighted by Gasteiger charge is 2.14. The van der Waals surface area contributed by atoms with Crippen molar-refractivity contribution in [2.24, 2.45) is 10.8 Å². The summed E-state index contributed by atoms with van der Waals surface area (Å²) in [7, 11) is 0. The molecule has 0 aliphatic heterocycles. The zero-order chi connectivity index (χ0) is 12.8. The smallest absolute Gasteiger partial charge is 0.206 e. The molecule has 1 fully saturated rings. The average molecular weight is 267 g/mol. The molecule has 1 aromatic rings. The molecule has 0 bridgehead atoms. The van der Waals surface area contributed by atoms with E-state index < -0.39 is 0 Å². The van der Waals surface area contributed by atoms with E-state index in [0.717, 1.165) is 5.01 Å². The topological polar surface area (TPSA) is 75.3 Å². The van der Waals surface area contributed by atoms with Crippen LogP contribution in [0.4, 0.5) is 0 Å². The SMILES string of the molecule is Cc1cnc(CN=C(NN)NC2CCCCC2)s1. The molecule has 18 heavy (non-hydrogen) atoms. The minimum atomic E-state index is 0.506. The van der Waals surface area contributed by atoms with E-state index in [0.29, 0.717) is 18.5 Å². The van der Waals surface area contributed by atoms with Crippen LogP contribution in [0, 0.1) is 6.92 Å². The second-order valence-electron chi connectivity index (χ2n) is 4.65. The van der Waals surface area contributed by atoms with Crippen LogP contribution in [0.15, 0.2) is 11.2 Å². The molecule has 1 saturated carbocycles. The summed E-state index contributed by atoms with van der Waals surface area (Å²) in [4.78, 5) is 9.93. The first-order valence-electron chi connectivity index (χ1n) is 6.47. The first kappa shape index (κ1) is 13.3. The molecule has 1 heterocycles. The molecule has 1 aliphatic rings. The first-order valence-corrected chi connectivity index (χ1v) is 7.28. The fourth-order valence-electron chi connectivity index (χ4n) is 2.19. The molecule has 100 valence electrons. The molecule has 1 aliphatic carbocycles. The highest BCUT2D eigenvalue weighted by molar-refractivity contribution is 7.11. The third-order valence-corrected chi connectivity index (χ3v) is 4.02. The van der Waals surface area contributed by atoms with Crippen LogP contribution in [0.5, 0.6) is 0 Å². The molecule has 0 amide bonds. The number of thiazole rings is 1. The molecule has 6 heteroatoms. The standard InChI is InChI=1S/C12H21N5S/c1-9-7-14-11(18-9)8-15-12(17-13)16-10-5-3-2-4-6-10/h7,10H,2-6,8,13H2,1H3,(H2,15,16,17). The summed E-state index contributed by atoms with van der Waals surface area (Å²) in [5.41, 5.74) is 2.64. The number of aryl methyl sites for hydroxylation is 1. The Balaban J connectivity index is 1.86. The minimum absolute atomic E-state index is 0.506. The lowest BCUT2D eigenvalue weighted by molar-refractivity contribution is 0.410. The molecule has 0 spiro atoms. The van der Waals surface area contributed by atoms with Gasteiger partial charge in [-0.15, -0.1) is 11.3 Å². The van der Waals surface area contributed by atoms with Gasteiger partial charge in [0.25, 0.3) is 0 Å². The molecule has 0 radical (unpaired) electrons. The van der Waals surface area contributed by atoms with Crippen LogP contribution in [0.1, 0.15) is 42.0 Å². The van der Waals surface area contributed by atoms with Crippen LogP contribution >= 0.6 is 11.3 Å². The maximum atomic E-state index is 5.50. The van der Waals surface area contributed by atoms with E-state index in [1.807, 2.05) is 13.1 Å². The quantitative estimate of drug-likeness (QED) is 0.337. The van der Waals surface area contributed by atoms with Gasteiger partial charge in [-0.3, -0.25) is 5.43 Å². The van der Waals surface area contributed by atoms with Crippen molar-refractivity contribution in [1.29, 1.82) is 0 Å². The number of aromatic nitrogens is 1. The van der Waals surface area contributed by atoms with Crippen LogP contribution in [-0.4, -0.2) is 17.0 Å². The van der Waals surface area contributed by atoms with Crippen LogP contribution in [0.25, 0.3) is 0 Å². The normalized spacial score (nSPS) is 17.8. The molecule has 5 nitrogen and oxygen atoms in total. The summed E-state index contributed by atoms with van der Waals surface area (Å²) in [5, 5.41) is 4.39. The van der Waals surface area contributed by atoms with Crippen molar-refractivity contribution in [3.63, 3.8) is 0 Å². The second-order valence-corrected chi connectivity index (χ2v) is 5.97. The summed E-state index contributed by atoms with van der Waals surface area (Å²) in [6.07, 6.45) is 8.22. The number of hydrogen-bond donors (Lipinski definition) is 3. The highest BCUT2D eigenvalue weighted by atomic mass is 32.1. The molecule has 0 unspecified atom stereocenters. The maximum Gasteiger partial charge on any atom is 0.206 e. The predicted octanol–water partition coefficient (Wildman–Crippen LogP) is 1.69. The van der Waals surface area contributed by atoms with Gasteiger partial charge in [0.05, 0.1) is 6.54 Å². The van der Waals surface area contributed by atoms with E-state index in [-0.39, 0.29) is 0 Å². The molecular weight excluding hydrogens is 246 g/mol. The zero-order valence-corrected chi connectivity index (χ0v) is 11.6. The van der Waals surface area contributed by atoms with Gasteiger partial charge in [-0.05, 0) is 19.8 Å². The minimum Gasteiger partial charge on any atom is -0.353 e. The molecule has 2 rings (SSSR count). The third kappa shape index (κ3) is 3.96. The van der Waals surface area contributed by atoms with E-state index in [1.165, 1.54) is 37.0 Å². The Labute approximate surface area is 112 Å². The van der Waals surface area contributed by atoms with Crippen LogP contribution in [-0.2, 0) is 6.54 Å². The van der Waals surface area contributed by atoms with Gasteiger partial charge >= 0.3 is 0 Å². The molecule has 0 aromatic carbocycles. The third-order valence-electron chi connectivity index (χ3n) is 3.12. The Morgan fingerprint density at radius 2 is 2.28 bits per heavy atom. The lowest BCUT2D eigenvalue weighted by Crippen LogP contribution is -2.47. The summed E-state index contributed by atoms with van der Waals surface area (Å²) < 4.78 is 0. The number of hydrazine groups is 1. The van der Waals surface area contributed by atoms with Crippen LogP contribution < -0.4 is 16.6 Å². The highest BCUT2D eigenvalue weighted by Crippen LogP contribution is 2.17. The van der Waals surface area contributed by atoms with Gasteiger partial charge in [-0.25, -0.2) is 15.8 Å². The van der Waals surface area contributed by atoms with Crippen molar-refractivity contribution in [3.8, 4) is 0 Å². The summed E-state index contributed by atoms with van der Waals surface area (Å²) in [5.74, 6) is 6.17. The summed E-state index contributed by atoms with van der Waals surface area (Å²) in [6.45, 7) is 2.63. The van der Waals surface area contributed by atoms with Crippen molar-refractivity contribution in [1.82, 2.24) is 15.7 Å². The van der Waals surface area contributed by atoms with Gasteiger partial charge < -0.3 is 5.32 Å². The molecule has 0 saturated heterocycles. The summed E-state index contributed by atoms with van der Waals surface area (Å²) in [6, 6.07) is 0.506. The van der Waals surface area contributed by atoms with Crippen molar-refractivity contribution in [2.75, 3.05) is 0 Å². The van der Waals surface area contributed by atoms with Gasteiger partial charge in [0.15, 0.2) is 0 Å². The van der Waals surface area contributed by atoms with Crippen molar-refractivity contribution < 1.29 is 0 Å². The number of aliphatic imine (C=N–C) groups is 1. The van der Waals surface area contributed by atoms with Gasteiger partial charge in [-0.2, -0.15) is 0 Å². The van der Waals surface area contributed by atoms with Crippen LogP contribution in [0.2, 0.25) is 0 Å². The Kier molecular flexibility index (Phi) is 4.95. The predicted molar refractivity (Wildman–Crippen MR) is 75.3 cm³/mol. The number of rotatable bonds is 3. The number of hydrogen-bond acceptors (Lipinski definition) is 4. The first-order chi connectivity index (χ1) is 8.78. The van der Waals surface area contributed by atoms with E-state index in [4.69, 9.17) is 5.84 Å². The number of guanidine groups is 1. The number of nitrogens with two attached hydrogens (primary N) is 1. The zero-order valence-electron chi connectivity index (χ0n) is 10.8. The fourth-order valence-corrected chi connectivity index (χ4v) is 2.91. The van der Waals surface area contributed by atoms with Gasteiger partial charge in [0, 0.05) is 17.1 Å². The maximum absolute atomic E-state index is 5.50. The van der Waals surface area contributed by atoms with Gasteiger partial charge in [0.2, 0.25) is 5.96 Å². The average Bonchev–Trinajstić information content (AvgIpc) is 2.81. The molecule has 1 aromatic heterocycles. The summed E-state index contributed by atoms with van der Waals surface area (Å²) >= 11 is 1.67. The van der Waals surface area contributed by atoms with Crippen molar-refractivity contribution >= 4 is 17.3 Å². The van der Waals surface area contributed by atoms with E-state index in [2.05, 4.69) is 20.7 Å². The van der Waals surface area contributed by atoms with Crippen molar-refractivity contribution in [2.45, 2.75) is 51.6 Å². The Hall–Kier alpha value is -1.14. The van der Waals surface area contributed by atoms with Gasteiger partial charge in [-0.1, -0.05) is 19.3 Å². The van der Waals surface area contributed by atoms with Crippen LogP contribution in [0.3, 0.4) is 0 Å². The monoisotopic (exact) mass is 267 g/mol. The number of nitrogens with one attached hydrogen (secondary N) is 2. The fraction of sp³-hybridized carbons (Fsp3) is 0.667. The van der Waals surface area contributed by atoms with E-state index >= 15 is 0 Å². The number of nitrogens with zero attached hydrogens (tertiary/aromatic N) is 2. The Bertz CT molecular complexity index is 395. The molecular formula is C12H21N5S. The van der Waals surface area contributed by atoms with E-state index in [1.54, 1.807) is 11.3 Å². The lowest BCUT2D eigenvalue weighted by atomic mass is 9.96. The van der Waals surface area contributed by atoms with Crippen molar-refractivity contribution in [3.05, 3.63) is 16.1 Å². The Morgan fingerprint density at radius 3 is 2.89 bits per heavy atom. The largest absolute Gasteiger partial charge is 0.353 e. The second kappa shape index (κ2) is 6.70. The lowest BCUT2D eigenvalue weighted by Gasteiger charge is -2.24. The molecule has 4 N–H and O–H groups in total.